The molecule has 3 N–H and O–H groups in total. The molecule has 26 heavy (non-hydrogen) atoms. The molecule has 0 atom stereocenters. The predicted octanol–water partition coefficient (Wildman–Crippen LogP) is 3.27. The lowest BCUT2D eigenvalue weighted by molar-refractivity contribution is -0.120. The van der Waals surface area contributed by atoms with Crippen molar-refractivity contribution in [2.24, 2.45) is 5.10 Å². The Morgan fingerprint density at radius 2 is 1.88 bits per heavy atom. The van der Waals surface area contributed by atoms with Crippen molar-refractivity contribution in [2.45, 2.75) is 0 Å². The van der Waals surface area contributed by atoms with E-state index in [1.54, 1.807) is 49.6 Å². The van der Waals surface area contributed by atoms with E-state index in [1.165, 1.54) is 6.21 Å². The van der Waals surface area contributed by atoms with Gasteiger partial charge in [0.05, 0.1) is 29.1 Å². The van der Waals surface area contributed by atoms with Crippen LogP contribution in [0.15, 0.2) is 47.6 Å². The fourth-order valence-electron chi connectivity index (χ4n) is 1.84. The summed E-state index contributed by atoms with van der Waals surface area (Å²) in [5.74, 6) is 0.239. The van der Waals surface area contributed by atoms with Crippen LogP contribution < -0.4 is 20.8 Å². The normalized spacial score (nSPS) is 10.4. The first-order chi connectivity index (χ1) is 12.5. The number of urea groups is 1. The number of carbonyl (C=O) groups is 2. The number of benzene rings is 2. The van der Waals surface area contributed by atoms with Gasteiger partial charge in [-0.2, -0.15) is 5.10 Å². The van der Waals surface area contributed by atoms with Gasteiger partial charge in [-0.3, -0.25) is 4.79 Å². The number of carbonyl (C=O) groups excluding carboxylic acids is 2. The van der Waals surface area contributed by atoms with E-state index in [1.807, 2.05) is 0 Å². The third kappa shape index (κ3) is 5.94. The summed E-state index contributed by atoms with van der Waals surface area (Å²) < 4.78 is 5.05. The van der Waals surface area contributed by atoms with Crippen LogP contribution in [0, 0.1) is 0 Å². The molecule has 7 nitrogen and oxygen atoms in total. The number of rotatable bonds is 6. The van der Waals surface area contributed by atoms with Gasteiger partial charge in [-0.15, -0.1) is 0 Å². The van der Waals surface area contributed by atoms with Crippen molar-refractivity contribution in [3.05, 3.63) is 58.1 Å². The highest BCUT2D eigenvalue weighted by atomic mass is 35.5. The summed E-state index contributed by atoms with van der Waals surface area (Å²) in [5.41, 5.74) is 3.44. The third-order valence-corrected chi connectivity index (χ3v) is 3.95. The smallest absolute Gasteiger partial charge is 0.319 e. The van der Waals surface area contributed by atoms with E-state index >= 15 is 0 Å². The summed E-state index contributed by atoms with van der Waals surface area (Å²) in [6, 6.07) is 11.4. The monoisotopic (exact) mass is 394 g/mol. The Morgan fingerprint density at radius 3 is 2.58 bits per heavy atom. The topological polar surface area (TPSA) is 91.8 Å². The SMILES string of the molecule is COc1ccc(C=NNC(=O)CNC(=O)Nc2cccc(Cl)c2Cl)cc1. The molecule has 9 heteroatoms. The summed E-state index contributed by atoms with van der Waals surface area (Å²) in [6.45, 7) is -0.260. The van der Waals surface area contributed by atoms with E-state index in [2.05, 4.69) is 21.2 Å². The van der Waals surface area contributed by atoms with E-state index in [-0.39, 0.29) is 11.6 Å². The summed E-state index contributed by atoms with van der Waals surface area (Å²) in [7, 11) is 1.58. The van der Waals surface area contributed by atoms with Gasteiger partial charge in [0.25, 0.3) is 5.91 Å². The molecule has 0 fully saturated rings. The highest BCUT2D eigenvalue weighted by molar-refractivity contribution is 6.43. The number of hydrazone groups is 1. The predicted molar refractivity (Wildman–Crippen MR) is 102 cm³/mol. The van der Waals surface area contributed by atoms with E-state index < -0.39 is 11.9 Å². The van der Waals surface area contributed by atoms with Gasteiger partial charge in [0, 0.05) is 0 Å². The van der Waals surface area contributed by atoms with Crippen LogP contribution in [0.2, 0.25) is 10.0 Å². The van der Waals surface area contributed by atoms with Crippen LogP contribution in [0.25, 0.3) is 0 Å². The van der Waals surface area contributed by atoms with Crippen molar-refractivity contribution in [1.82, 2.24) is 10.7 Å². The second kappa shape index (κ2) is 9.65. The Kier molecular flexibility index (Phi) is 7.25. The van der Waals surface area contributed by atoms with Gasteiger partial charge in [-0.25, -0.2) is 10.2 Å². The van der Waals surface area contributed by atoms with Crippen LogP contribution in [0.3, 0.4) is 0 Å². The van der Waals surface area contributed by atoms with Crippen LogP contribution in [0.1, 0.15) is 5.56 Å². The first-order valence-corrected chi connectivity index (χ1v) is 8.20. The van der Waals surface area contributed by atoms with Crippen LogP contribution in [-0.2, 0) is 4.79 Å². The van der Waals surface area contributed by atoms with Gasteiger partial charge < -0.3 is 15.4 Å². The molecule has 0 aliphatic heterocycles. The fraction of sp³-hybridized carbons (Fsp3) is 0.118. The maximum Gasteiger partial charge on any atom is 0.319 e. The standard InChI is InChI=1S/C17H16Cl2N4O3/c1-26-12-7-5-11(6-8-12)9-21-23-15(24)10-20-17(25)22-14-4-2-3-13(18)16(14)19/h2-9H,10H2,1H3,(H,23,24)(H2,20,22,25). The number of nitrogens with zero attached hydrogens (tertiary/aromatic N) is 1. The molecular formula is C17H16Cl2N4O3. The van der Waals surface area contributed by atoms with Crippen molar-refractivity contribution in [2.75, 3.05) is 19.0 Å². The molecule has 0 saturated heterocycles. The molecule has 0 saturated carbocycles. The number of methoxy groups -OCH3 is 1. The number of hydrogen-bond donors (Lipinski definition) is 3. The molecule has 0 radical (unpaired) electrons. The minimum Gasteiger partial charge on any atom is -0.497 e. The van der Waals surface area contributed by atoms with Gasteiger partial charge in [0.15, 0.2) is 0 Å². The molecule has 0 aromatic heterocycles. The Morgan fingerprint density at radius 1 is 1.15 bits per heavy atom. The summed E-state index contributed by atoms with van der Waals surface area (Å²) in [4.78, 5) is 23.5. The van der Waals surface area contributed by atoms with Crippen molar-refractivity contribution in [3.63, 3.8) is 0 Å². The molecule has 0 bridgehead atoms. The van der Waals surface area contributed by atoms with Gasteiger partial charge in [-0.1, -0.05) is 29.3 Å². The first-order valence-electron chi connectivity index (χ1n) is 7.44. The summed E-state index contributed by atoms with van der Waals surface area (Å²) in [6.07, 6.45) is 1.48. The van der Waals surface area contributed by atoms with Crippen LogP contribution in [0.5, 0.6) is 5.75 Å². The van der Waals surface area contributed by atoms with Crippen molar-refractivity contribution in [1.29, 1.82) is 0 Å². The molecule has 2 aromatic carbocycles. The number of nitrogens with one attached hydrogen (secondary N) is 3. The van der Waals surface area contributed by atoms with Crippen LogP contribution >= 0.6 is 23.2 Å². The fourth-order valence-corrected chi connectivity index (χ4v) is 2.18. The highest BCUT2D eigenvalue weighted by Gasteiger charge is 2.09. The molecule has 0 aliphatic carbocycles. The second-order valence-corrected chi connectivity index (χ2v) is 5.76. The molecule has 0 spiro atoms. The second-order valence-electron chi connectivity index (χ2n) is 4.98. The van der Waals surface area contributed by atoms with Gasteiger partial charge in [0.1, 0.15) is 12.3 Å². The lowest BCUT2D eigenvalue weighted by Gasteiger charge is -2.09. The van der Waals surface area contributed by atoms with Crippen LogP contribution in [-0.4, -0.2) is 31.8 Å². The quantitative estimate of drug-likeness (QED) is 0.518. The molecule has 0 unspecified atom stereocenters. The number of hydrogen-bond acceptors (Lipinski definition) is 4. The zero-order valence-corrected chi connectivity index (χ0v) is 15.3. The van der Waals surface area contributed by atoms with E-state index in [9.17, 15) is 9.59 Å². The maximum absolute atomic E-state index is 11.8. The molecule has 0 aliphatic rings. The summed E-state index contributed by atoms with van der Waals surface area (Å²) in [5, 5.41) is 9.23. The number of anilines is 1. The van der Waals surface area contributed by atoms with E-state index in [0.29, 0.717) is 10.7 Å². The Balaban J connectivity index is 1.76. The van der Waals surface area contributed by atoms with Crippen molar-refractivity contribution >= 4 is 47.0 Å². The minimum atomic E-state index is -0.594. The highest BCUT2D eigenvalue weighted by Crippen LogP contribution is 2.29. The minimum absolute atomic E-state index is 0.220. The zero-order chi connectivity index (χ0) is 18.9. The van der Waals surface area contributed by atoms with E-state index in [0.717, 1.165) is 11.3 Å². The Labute approximate surface area is 160 Å². The largest absolute Gasteiger partial charge is 0.497 e. The molecule has 0 heterocycles. The Bertz CT molecular complexity index is 810. The summed E-state index contributed by atoms with van der Waals surface area (Å²) >= 11 is 11.8. The average Bonchev–Trinajstić information content (AvgIpc) is 2.64. The number of ether oxygens (including phenoxy) is 1. The van der Waals surface area contributed by atoms with E-state index in [4.69, 9.17) is 27.9 Å². The average molecular weight is 395 g/mol. The van der Waals surface area contributed by atoms with Gasteiger partial charge in [0.2, 0.25) is 0 Å². The zero-order valence-electron chi connectivity index (χ0n) is 13.8. The number of halogens is 2. The Hall–Kier alpha value is -2.77. The molecular weight excluding hydrogens is 379 g/mol. The van der Waals surface area contributed by atoms with Crippen LogP contribution in [0.4, 0.5) is 10.5 Å². The van der Waals surface area contributed by atoms with Crippen molar-refractivity contribution < 1.29 is 14.3 Å². The lowest BCUT2D eigenvalue weighted by atomic mass is 10.2. The van der Waals surface area contributed by atoms with Crippen molar-refractivity contribution in [3.8, 4) is 5.75 Å². The third-order valence-electron chi connectivity index (χ3n) is 3.13. The number of amides is 3. The lowest BCUT2D eigenvalue weighted by Crippen LogP contribution is -2.37. The van der Waals surface area contributed by atoms with Gasteiger partial charge in [-0.05, 0) is 42.0 Å². The molecule has 2 aromatic rings. The maximum atomic E-state index is 11.8. The van der Waals surface area contributed by atoms with Gasteiger partial charge >= 0.3 is 6.03 Å². The molecule has 2 rings (SSSR count). The molecule has 136 valence electrons. The first kappa shape index (κ1) is 19.6. The molecule has 3 amide bonds.